The molecule has 11 heteroatoms. The highest BCUT2D eigenvalue weighted by Gasteiger charge is 2.27. The van der Waals surface area contributed by atoms with E-state index in [2.05, 4.69) is 6.58 Å². The third-order valence-electron chi connectivity index (χ3n) is 4.88. The first kappa shape index (κ1) is 27.2. The molecule has 0 unspecified atom stereocenters. The van der Waals surface area contributed by atoms with Crippen LogP contribution < -0.4 is 0 Å². The Labute approximate surface area is 196 Å². The third-order valence-corrected chi connectivity index (χ3v) is 6.01. The van der Waals surface area contributed by atoms with Gasteiger partial charge in [-0.2, -0.15) is 16.8 Å². The lowest BCUT2D eigenvalue weighted by Gasteiger charge is -2.26. The van der Waals surface area contributed by atoms with E-state index in [0.29, 0.717) is 5.69 Å². The minimum Gasteiger partial charge on any atom is -0.371 e. The molecule has 0 radical (unpaired) electrons. The van der Waals surface area contributed by atoms with E-state index in [-0.39, 0.29) is 26.2 Å². The molecule has 184 valence electrons. The molecule has 2 atom stereocenters. The average Bonchev–Trinajstić information content (AvgIpc) is 3.02. The third kappa shape index (κ3) is 9.01. The van der Waals surface area contributed by atoms with Crippen molar-refractivity contribution in [1.82, 2.24) is 9.55 Å². The highest BCUT2D eigenvalue weighted by molar-refractivity contribution is 7.86. The van der Waals surface area contributed by atoms with Crippen molar-refractivity contribution in [3.8, 4) is 5.82 Å². The molecule has 33 heavy (non-hydrogen) atoms. The highest BCUT2D eigenvalue weighted by Crippen LogP contribution is 2.21. The monoisotopic (exact) mass is 500 g/mol. The molecule has 2 heterocycles. The second kappa shape index (κ2) is 11.4. The molecule has 2 aromatic heterocycles. The number of aryl methyl sites for hydroxylation is 3. The van der Waals surface area contributed by atoms with Crippen molar-refractivity contribution < 1.29 is 29.9 Å². The predicted molar refractivity (Wildman–Crippen MR) is 126 cm³/mol. The van der Waals surface area contributed by atoms with E-state index >= 15 is 0 Å². The van der Waals surface area contributed by atoms with Crippen LogP contribution in [-0.2, 0) is 39.8 Å². The molecule has 0 saturated heterocycles. The number of aromatic nitrogens is 2. The summed E-state index contributed by atoms with van der Waals surface area (Å²) in [5, 5.41) is 0. The van der Waals surface area contributed by atoms with Crippen LogP contribution in [0.4, 0.5) is 0 Å². The van der Waals surface area contributed by atoms with Crippen LogP contribution in [0.3, 0.4) is 0 Å². The minimum absolute atomic E-state index is 0.126. The average molecular weight is 501 g/mol. The molecule has 0 N–H and O–H groups in total. The zero-order chi connectivity index (χ0) is 24.8. The maximum absolute atomic E-state index is 11.7. The number of ether oxygens (including phenoxy) is 1. The van der Waals surface area contributed by atoms with Gasteiger partial charge in [0.1, 0.15) is 5.82 Å². The van der Waals surface area contributed by atoms with Gasteiger partial charge in [-0.15, -0.1) is 6.58 Å². The van der Waals surface area contributed by atoms with Crippen molar-refractivity contribution >= 4 is 20.2 Å². The second-order valence-corrected chi connectivity index (χ2v) is 11.3. The first-order valence-electron chi connectivity index (χ1n) is 10.3. The fourth-order valence-electron chi connectivity index (χ4n) is 3.45. The van der Waals surface area contributed by atoms with Crippen molar-refractivity contribution in [3.05, 3.63) is 59.6 Å². The van der Waals surface area contributed by atoms with E-state index < -0.39 is 32.3 Å². The van der Waals surface area contributed by atoms with Gasteiger partial charge in [-0.1, -0.05) is 6.08 Å². The normalized spacial score (nSPS) is 14.2. The lowest BCUT2D eigenvalue weighted by Crippen LogP contribution is -2.35. The number of hydrogen-bond donors (Lipinski definition) is 0. The molecular formula is C22H32N2O7S2. The summed E-state index contributed by atoms with van der Waals surface area (Å²) in [4.78, 5) is 4.78. The van der Waals surface area contributed by atoms with Crippen LogP contribution >= 0.6 is 0 Å². The largest absolute Gasteiger partial charge is 0.371 e. The van der Waals surface area contributed by atoms with E-state index in [1.54, 1.807) is 0 Å². The first-order valence-corrected chi connectivity index (χ1v) is 14.0. The topological polar surface area (TPSA) is 114 Å². The highest BCUT2D eigenvalue weighted by atomic mass is 32.2. The molecule has 0 amide bonds. The maximum Gasteiger partial charge on any atom is 0.264 e. The van der Waals surface area contributed by atoms with Crippen LogP contribution in [-0.4, -0.2) is 64.8 Å². The molecule has 0 aliphatic rings. The SMILES string of the molecule is C=CCO[C@@H](COS(C)(=O)=O)[C@@H](COS(C)(=O)=O)Cc1cc(C)cc(-n2c(C)ccc2C)n1. The van der Waals surface area contributed by atoms with Crippen LogP contribution in [0.2, 0.25) is 0 Å². The van der Waals surface area contributed by atoms with Crippen LogP contribution in [0.1, 0.15) is 22.6 Å². The molecule has 2 aromatic rings. The van der Waals surface area contributed by atoms with E-state index in [9.17, 15) is 16.8 Å². The van der Waals surface area contributed by atoms with Gasteiger partial charge < -0.3 is 9.30 Å². The number of pyridine rings is 1. The molecule has 9 nitrogen and oxygen atoms in total. The van der Waals surface area contributed by atoms with Gasteiger partial charge in [0.15, 0.2) is 0 Å². The van der Waals surface area contributed by atoms with Gasteiger partial charge in [0.2, 0.25) is 0 Å². The predicted octanol–water partition coefficient (Wildman–Crippen LogP) is 2.48. The van der Waals surface area contributed by atoms with Crippen molar-refractivity contribution in [2.24, 2.45) is 5.92 Å². The lowest BCUT2D eigenvalue weighted by atomic mass is 9.97. The van der Waals surface area contributed by atoms with Crippen molar-refractivity contribution in [1.29, 1.82) is 0 Å². The molecule has 2 rings (SSSR count). The number of hydrogen-bond acceptors (Lipinski definition) is 8. The summed E-state index contributed by atoms with van der Waals surface area (Å²) in [7, 11) is -7.46. The Morgan fingerprint density at radius 2 is 1.58 bits per heavy atom. The zero-order valence-electron chi connectivity index (χ0n) is 19.6. The molecule has 0 aliphatic heterocycles. The Morgan fingerprint density at radius 1 is 1.00 bits per heavy atom. The quantitative estimate of drug-likeness (QED) is 0.304. The van der Waals surface area contributed by atoms with Crippen LogP contribution in [0.15, 0.2) is 36.9 Å². The van der Waals surface area contributed by atoms with Gasteiger partial charge in [0, 0.05) is 23.0 Å². The fourth-order valence-corrected chi connectivity index (χ4v) is 4.25. The Kier molecular flexibility index (Phi) is 9.38. The smallest absolute Gasteiger partial charge is 0.264 e. The number of rotatable bonds is 13. The summed E-state index contributed by atoms with van der Waals surface area (Å²) < 4.78 is 64.2. The Balaban J connectivity index is 2.41. The zero-order valence-corrected chi connectivity index (χ0v) is 21.3. The van der Waals surface area contributed by atoms with Gasteiger partial charge in [0.05, 0.1) is 38.4 Å². The van der Waals surface area contributed by atoms with Gasteiger partial charge >= 0.3 is 0 Å². The molecule has 0 aliphatic carbocycles. The van der Waals surface area contributed by atoms with Crippen molar-refractivity contribution in [2.45, 2.75) is 33.3 Å². The fraction of sp³-hybridized carbons (Fsp3) is 0.500. The summed E-state index contributed by atoms with van der Waals surface area (Å²) in [5.41, 5.74) is 3.72. The summed E-state index contributed by atoms with van der Waals surface area (Å²) >= 11 is 0. The molecular weight excluding hydrogens is 468 g/mol. The van der Waals surface area contributed by atoms with E-state index in [0.717, 1.165) is 35.3 Å². The van der Waals surface area contributed by atoms with Crippen LogP contribution in [0.5, 0.6) is 0 Å². The second-order valence-electron chi connectivity index (χ2n) is 8.05. The standard InChI is InChI=1S/C22H32N2O7S2/c1-7-10-29-21(15-31-33(6,27)28)19(14-30-32(5,25)26)13-20-11-16(2)12-22(23-20)24-17(3)8-9-18(24)4/h7-9,11-12,19,21H,1,10,13-15H2,2-6H3/t19-,21+/m1/s1. The summed E-state index contributed by atoms with van der Waals surface area (Å²) in [6.07, 6.45) is 2.91. The molecule has 0 spiro atoms. The van der Waals surface area contributed by atoms with Crippen molar-refractivity contribution in [2.75, 3.05) is 32.3 Å². The minimum atomic E-state index is -3.73. The van der Waals surface area contributed by atoms with Crippen LogP contribution in [0, 0.1) is 26.7 Å². The Morgan fingerprint density at radius 3 is 2.12 bits per heavy atom. The first-order chi connectivity index (χ1) is 15.3. The molecule has 0 aromatic carbocycles. The summed E-state index contributed by atoms with van der Waals surface area (Å²) in [6, 6.07) is 7.87. The Hall–Kier alpha value is -2.05. The van der Waals surface area contributed by atoms with Gasteiger partial charge in [0.25, 0.3) is 20.2 Å². The number of nitrogens with zero attached hydrogens (tertiary/aromatic N) is 2. The Bertz CT molecular complexity index is 1150. The van der Waals surface area contributed by atoms with Gasteiger partial charge in [-0.25, -0.2) is 4.98 Å². The van der Waals surface area contributed by atoms with E-state index in [1.807, 2.05) is 49.6 Å². The van der Waals surface area contributed by atoms with E-state index in [1.165, 1.54) is 6.08 Å². The lowest BCUT2D eigenvalue weighted by molar-refractivity contribution is -0.0143. The summed E-state index contributed by atoms with van der Waals surface area (Å²) in [5.74, 6) is 0.180. The van der Waals surface area contributed by atoms with Gasteiger partial charge in [-0.3, -0.25) is 8.37 Å². The molecule has 0 saturated carbocycles. The van der Waals surface area contributed by atoms with Crippen molar-refractivity contribution in [3.63, 3.8) is 0 Å². The summed E-state index contributed by atoms with van der Waals surface area (Å²) in [6.45, 7) is 9.15. The van der Waals surface area contributed by atoms with E-state index in [4.69, 9.17) is 18.1 Å². The van der Waals surface area contributed by atoms with Crippen LogP contribution in [0.25, 0.3) is 5.82 Å². The molecule has 0 fully saturated rings. The van der Waals surface area contributed by atoms with Gasteiger partial charge in [-0.05, 0) is 57.0 Å². The maximum atomic E-state index is 11.7. The molecule has 0 bridgehead atoms.